The third-order valence-corrected chi connectivity index (χ3v) is 8.45. The Labute approximate surface area is 215 Å². The molecular weight excluding hydrogens is 478 g/mol. The summed E-state index contributed by atoms with van der Waals surface area (Å²) >= 11 is 7.21. The predicted molar refractivity (Wildman–Crippen MR) is 143 cm³/mol. The third kappa shape index (κ3) is 5.15. The van der Waals surface area contributed by atoms with Gasteiger partial charge >= 0.3 is 0 Å². The van der Waals surface area contributed by atoms with Crippen molar-refractivity contribution in [1.82, 2.24) is 9.80 Å². The van der Waals surface area contributed by atoms with Crippen LogP contribution in [0, 0.1) is 0 Å². The van der Waals surface area contributed by atoms with E-state index in [9.17, 15) is 9.59 Å². The van der Waals surface area contributed by atoms with Gasteiger partial charge in [-0.15, -0.1) is 11.3 Å². The molecule has 35 heavy (non-hydrogen) atoms. The lowest BCUT2D eigenvalue weighted by molar-refractivity contribution is 0.0780. The molecule has 2 heterocycles. The number of anilines is 1. The van der Waals surface area contributed by atoms with E-state index in [4.69, 9.17) is 11.6 Å². The highest BCUT2D eigenvalue weighted by Crippen LogP contribution is 2.51. The lowest BCUT2D eigenvalue weighted by Crippen LogP contribution is -2.26. The summed E-state index contributed by atoms with van der Waals surface area (Å²) in [6.45, 7) is 2.26. The molecule has 2 aliphatic rings. The molecule has 0 unspecified atom stereocenters. The molecule has 1 aliphatic heterocycles. The number of carbonyl (C=O) groups is 2. The van der Waals surface area contributed by atoms with Crippen LogP contribution in [-0.4, -0.2) is 48.8 Å². The van der Waals surface area contributed by atoms with Crippen LogP contribution in [0.1, 0.15) is 56.0 Å². The van der Waals surface area contributed by atoms with E-state index in [1.165, 1.54) is 41.7 Å². The molecule has 1 saturated carbocycles. The highest BCUT2D eigenvalue weighted by molar-refractivity contribution is 7.18. The molecule has 5 nitrogen and oxygen atoms in total. The predicted octanol–water partition coefficient (Wildman–Crippen LogP) is 5.84. The fraction of sp³-hybridized carbons (Fsp3) is 0.357. The highest BCUT2D eigenvalue weighted by atomic mass is 35.5. The molecule has 0 spiro atoms. The van der Waals surface area contributed by atoms with E-state index in [0.29, 0.717) is 39.0 Å². The lowest BCUT2D eigenvalue weighted by atomic mass is 9.91. The minimum Gasteiger partial charge on any atom is -0.334 e. The Morgan fingerprint density at radius 2 is 1.89 bits per heavy atom. The van der Waals surface area contributed by atoms with Crippen molar-refractivity contribution in [3.05, 3.63) is 86.1 Å². The standard InChI is InChI=1S/C28H30ClN3O2S/c1-31(2)17-15-28(13-14-28)20-8-6-19(7-9-20)12-16-32-18-22-21(27(32)34)4-3-5-23(22)30-26(33)24-10-11-25(29)35-24/h3-11H,12-18H2,1-2H3,(H,30,33). The molecule has 182 valence electrons. The fourth-order valence-corrected chi connectivity index (χ4v) is 5.81. The number of nitrogens with zero attached hydrogens (tertiary/aromatic N) is 2. The molecule has 0 bridgehead atoms. The van der Waals surface area contributed by atoms with Crippen molar-refractivity contribution in [3.63, 3.8) is 0 Å². The van der Waals surface area contributed by atoms with Crippen molar-refractivity contribution in [2.24, 2.45) is 0 Å². The molecule has 0 saturated heterocycles. The second-order valence-corrected chi connectivity index (χ2v) is 11.6. The molecule has 1 aliphatic carbocycles. The van der Waals surface area contributed by atoms with Crippen molar-refractivity contribution in [2.75, 3.05) is 32.5 Å². The largest absolute Gasteiger partial charge is 0.334 e. The van der Waals surface area contributed by atoms with Crippen molar-refractivity contribution in [2.45, 2.75) is 37.6 Å². The minimum absolute atomic E-state index is 0.0208. The molecule has 5 rings (SSSR count). The van der Waals surface area contributed by atoms with Gasteiger partial charge < -0.3 is 15.1 Å². The van der Waals surface area contributed by atoms with Crippen LogP contribution >= 0.6 is 22.9 Å². The Morgan fingerprint density at radius 3 is 2.54 bits per heavy atom. The van der Waals surface area contributed by atoms with Crippen molar-refractivity contribution >= 4 is 40.4 Å². The van der Waals surface area contributed by atoms with Crippen LogP contribution in [0.3, 0.4) is 0 Å². The Balaban J connectivity index is 1.21. The topological polar surface area (TPSA) is 52.6 Å². The van der Waals surface area contributed by atoms with Gasteiger partial charge in [0, 0.05) is 29.9 Å². The van der Waals surface area contributed by atoms with Gasteiger partial charge in [0.25, 0.3) is 11.8 Å². The van der Waals surface area contributed by atoms with Gasteiger partial charge in [-0.05, 0) is 87.1 Å². The Bertz CT molecular complexity index is 1250. The van der Waals surface area contributed by atoms with Crippen LogP contribution < -0.4 is 5.32 Å². The summed E-state index contributed by atoms with van der Waals surface area (Å²) in [5.74, 6) is -0.187. The number of fused-ring (bicyclic) bond motifs is 1. The van der Waals surface area contributed by atoms with E-state index in [2.05, 4.69) is 48.6 Å². The van der Waals surface area contributed by atoms with Gasteiger partial charge in [-0.2, -0.15) is 0 Å². The van der Waals surface area contributed by atoms with Gasteiger partial charge in [-0.3, -0.25) is 9.59 Å². The zero-order valence-electron chi connectivity index (χ0n) is 20.1. The number of rotatable bonds is 9. The zero-order valence-corrected chi connectivity index (χ0v) is 21.7. The van der Waals surface area contributed by atoms with Crippen molar-refractivity contribution in [1.29, 1.82) is 0 Å². The van der Waals surface area contributed by atoms with Crippen LogP contribution in [0.15, 0.2) is 54.6 Å². The normalized spacial score (nSPS) is 16.0. The summed E-state index contributed by atoms with van der Waals surface area (Å²) in [5, 5.41) is 2.96. The number of benzene rings is 2. The van der Waals surface area contributed by atoms with Gasteiger partial charge in [0.05, 0.1) is 9.21 Å². The molecule has 0 atom stereocenters. The summed E-state index contributed by atoms with van der Waals surface area (Å²) < 4.78 is 0.573. The summed E-state index contributed by atoms with van der Waals surface area (Å²) in [4.78, 5) is 30.3. The number of thiophene rings is 1. The summed E-state index contributed by atoms with van der Waals surface area (Å²) in [5.41, 5.74) is 5.28. The summed E-state index contributed by atoms with van der Waals surface area (Å²) in [6.07, 6.45) is 4.57. The maximum Gasteiger partial charge on any atom is 0.265 e. The smallest absolute Gasteiger partial charge is 0.265 e. The van der Waals surface area contributed by atoms with Crippen LogP contribution in [0.2, 0.25) is 4.34 Å². The Morgan fingerprint density at radius 1 is 1.11 bits per heavy atom. The number of hydrogen-bond donors (Lipinski definition) is 1. The molecule has 0 radical (unpaired) electrons. The van der Waals surface area contributed by atoms with Crippen molar-refractivity contribution in [3.8, 4) is 0 Å². The van der Waals surface area contributed by atoms with E-state index >= 15 is 0 Å². The number of amides is 2. The molecular formula is C28H30ClN3O2S. The first-order chi connectivity index (χ1) is 16.8. The van der Waals surface area contributed by atoms with Crippen LogP contribution in [0.25, 0.3) is 0 Å². The van der Waals surface area contributed by atoms with E-state index in [0.717, 1.165) is 18.5 Å². The van der Waals surface area contributed by atoms with Gasteiger partial charge in [0.2, 0.25) is 0 Å². The lowest BCUT2D eigenvalue weighted by Gasteiger charge is -2.19. The van der Waals surface area contributed by atoms with E-state index in [-0.39, 0.29) is 11.8 Å². The molecule has 7 heteroatoms. The average molecular weight is 508 g/mol. The number of halogens is 1. The third-order valence-electron chi connectivity index (χ3n) is 7.22. The Hall–Kier alpha value is -2.67. The molecule has 1 N–H and O–H groups in total. The van der Waals surface area contributed by atoms with Gasteiger partial charge in [-0.25, -0.2) is 0 Å². The number of nitrogens with one attached hydrogen (secondary N) is 1. The number of hydrogen-bond acceptors (Lipinski definition) is 4. The van der Waals surface area contributed by atoms with Gasteiger partial charge in [0.1, 0.15) is 0 Å². The second-order valence-electron chi connectivity index (χ2n) is 9.90. The second kappa shape index (κ2) is 9.76. The highest BCUT2D eigenvalue weighted by Gasteiger charge is 2.43. The van der Waals surface area contributed by atoms with E-state index < -0.39 is 0 Å². The van der Waals surface area contributed by atoms with Crippen LogP contribution in [0.4, 0.5) is 5.69 Å². The summed E-state index contributed by atoms with van der Waals surface area (Å²) in [7, 11) is 4.27. The van der Waals surface area contributed by atoms with E-state index in [1.54, 1.807) is 12.1 Å². The van der Waals surface area contributed by atoms with E-state index in [1.807, 2.05) is 23.1 Å². The molecule has 1 aromatic heterocycles. The number of carbonyl (C=O) groups excluding carboxylic acids is 2. The first kappa shape index (κ1) is 24.0. The maximum absolute atomic E-state index is 13.0. The zero-order chi connectivity index (χ0) is 24.6. The van der Waals surface area contributed by atoms with Crippen molar-refractivity contribution < 1.29 is 9.59 Å². The first-order valence-corrected chi connectivity index (χ1v) is 13.3. The first-order valence-electron chi connectivity index (χ1n) is 12.1. The average Bonchev–Trinajstić information content (AvgIpc) is 3.40. The van der Waals surface area contributed by atoms with Gasteiger partial charge in [0.15, 0.2) is 0 Å². The minimum atomic E-state index is -0.208. The van der Waals surface area contributed by atoms with Crippen LogP contribution in [-0.2, 0) is 18.4 Å². The monoisotopic (exact) mass is 507 g/mol. The Kier molecular flexibility index (Phi) is 6.71. The fourth-order valence-electron chi connectivity index (χ4n) is 4.87. The molecule has 3 aromatic rings. The summed E-state index contributed by atoms with van der Waals surface area (Å²) in [6, 6.07) is 17.9. The molecule has 1 fully saturated rings. The quantitative estimate of drug-likeness (QED) is 0.396. The maximum atomic E-state index is 13.0. The SMILES string of the molecule is CN(C)CCC1(c2ccc(CCN3Cc4c(NC(=O)c5ccc(Cl)s5)cccc4C3=O)cc2)CC1. The van der Waals surface area contributed by atoms with Crippen LogP contribution in [0.5, 0.6) is 0 Å². The molecule has 2 amide bonds. The van der Waals surface area contributed by atoms with Gasteiger partial charge in [-0.1, -0.05) is 41.9 Å². The molecule has 2 aromatic carbocycles.